The Bertz CT molecular complexity index is 470. The topological polar surface area (TPSA) is 52.0 Å². The van der Waals surface area contributed by atoms with Crippen LogP contribution in [0.5, 0.6) is 0 Å². The molecule has 0 saturated heterocycles. The molecule has 72 valence electrons. The number of nitrogens with zero attached hydrogens (tertiary/aromatic N) is 1. The fourth-order valence-electron chi connectivity index (χ4n) is 1.12. The van der Waals surface area contributed by atoms with Crippen molar-refractivity contribution in [1.29, 1.82) is 0 Å². The van der Waals surface area contributed by atoms with Crippen molar-refractivity contribution >= 4 is 33.2 Å². The predicted octanol–water partition coefficient (Wildman–Crippen LogP) is 3.34. The van der Waals surface area contributed by atoms with Crippen LogP contribution >= 0.6 is 27.5 Å². The minimum Gasteiger partial charge on any atom is -0.393 e. The van der Waals surface area contributed by atoms with Gasteiger partial charge in [0.25, 0.3) is 0 Å². The van der Waals surface area contributed by atoms with Gasteiger partial charge >= 0.3 is 0 Å². The molecule has 1 aromatic heterocycles. The smallest absolute Gasteiger partial charge is 0.195 e. The van der Waals surface area contributed by atoms with Gasteiger partial charge in [-0.2, -0.15) is 0 Å². The van der Waals surface area contributed by atoms with Crippen LogP contribution in [0, 0.1) is 0 Å². The van der Waals surface area contributed by atoms with Crippen LogP contribution in [0.3, 0.4) is 0 Å². The second-order valence-corrected chi connectivity index (χ2v) is 4.00. The molecule has 2 N–H and O–H groups in total. The second-order valence-electron chi connectivity index (χ2n) is 2.73. The fourth-order valence-corrected chi connectivity index (χ4v) is 1.64. The van der Waals surface area contributed by atoms with Gasteiger partial charge in [0.1, 0.15) is 5.69 Å². The van der Waals surface area contributed by atoms with E-state index in [9.17, 15) is 0 Å². The molecule has 0 saturated carbocycles. The Labute approximate surface area is 94.0 Å². The Morgan fingerprint density at radius 3 is 2.79 bits per heavy atom. The van der Waals surface area contributed by atoms with E-state index in [1.54, 1.807) is 0 Å². The van der Waals surface area contributed by atoms with E-state index in [4.69, 9.17) is 21.9 Å². The van der Waals surface area contributed by atoms with Crippen LogP contribution in [0.2, 0.25) is 5.15 Å². The molecular weight excluding hydrogens is 267 g/mol. The molecule has 0 bridgehead atoms. The van der Waals surface area contributed by atoms with E-state index >= 15 is 0 Å². The van der Waals surface area contributed by atoms with Crippen molar-refractivity contribution in [2.24, 2.45) is 0 Å². The van der Waals surface area contributed by atoms with E-state index in [1.807, 2.05) is 24.3 Å². The lowest BCUT2D eigenvalue weighted by Crippen LogP contribution is -1.85. The summed E-state index contributed by atoms with van der Waals surface area (Å²) in [6.07, 6.45) is 0. The van der Waals surface area contributed by atoms with Gasteiger partial charge in [0.05, 0.1) is 0 Å². The average molecular weight is 274 g/mol. The molecule has 0 spiro atoms. The van der Waals surface area contributed by atoms with Gasteiger partial charge in [0.15, 0.2) is 10.9 Å². The van der Waals surface area contributed by atoms with Crippen LogP contribution in [-0.2, 0) is 0 Å². The molecule has 1 aromatic carbocycles. The van der Waals surface area contributed by atoms with Crippen LogP contribution in [0.15, 0.2) is 33.3 Å². The van der Waals surface area contributed by atoms with Crippen molar-refractivity contribution in [3.05, 3.63) is 33.9 Å². The molecule has 1 heterocycles. The van der Waals surface area contributed by atoms with E-state index in [1.165, 1.54) is 0 Å². The molecular formula is C9H6BrClN2O. The highest BCUT2D eigenvalue weighted by atomic mass is 79.9. The molecule has 2 aromatic rings. The molecule has 0 aliphatic carbocycles. The first kappa shape index (κ1) is 9.55. The van der Waals surface area contributed by atoms with E-state index < -0.39 is 0 Å². The summed E-state index contributed by atoms with van der Waals surface area (Å²) < 4.78 is 5.95. The summed E-state index contributed by atoms with van der Waals surface area (Å²) in [5.41, 5.74) is 6.89. The molecule has 0 fully saturated rings. The molecule has 2 rings (SSSR count). The molecule has 0 unspecified atom stereocenters. The van der Waals surface area contributed by atoms with Crippen molar-refractivity contribution < 1.29 is 4.52 Å². The van der Waals surface area contributed by atoms with Gasteiger partial charge in [-0.05, 0) is 12.1 Å². The molecule has 0 radical (unpaired) electrons. The monoisotopic (exact) mass is 272 g/mol. The van der Waals surface area contributed by atoms with Crippen LogP contribution in [0.25, 0.3) is 11.3 Å². The Morgan fingerprint density at radius 2 is 2.21 bits per heavy atom. The van der Waals surface area contributed by atoms with Gasteiger partial charge in [-0.3, -0.25) is 0 Å². The summed E-state index contributed by atoms with van der Waals surface area (Å²) in [5.74, 6) is 0.497. The Balaban J connectivity index is 2.55. The maximum Gasteiger partial charge on any atom is 0.195 e. The minimum atomic E-state index is 0.194. The van der Waals surface area contributed by atoms with Gasteiger partial charge < -0.3 is 10.3 Å². The summed E-state index contributed by atoms with van der Waals surface area (Å²) in [5, 5.41) is 3.77. The van der Waals surface area contributed by atoms with Crippen molar-refractivity contribution in [3.63, 3.8) is 0 Å². The van der Waals surface area contributed by atoms with Crippen LogP contribution in [0.1, 0.15) is 0 Å². The van der Waals surface area contributed by atoms with Gasteiger partial charge in [-0.1, -0.05) is 44.8 Å². The SMILES string of the molecule is Nc1c(Cl)noc1-c1cccc(Br)c1. The summed E-state index contributed by atoms with van der Waals surface area (Å²) >= 11 is 9.03. The summed E-state index contributed by atoms with van der Waals surface area (Å²) in [6.45, 7) is 0. The van der Waals surface area contributed by atoms with Crippen LogP contribution < -0.4 is 5.73 Å². The quantitative estimate of drug-likeness (QED) is 0.867. The number of hydrogen-bond donors (Lipinski definition) is 1. The molecule has 14 heavy (non-hydrogen) atoms. The number of benzene rings is 1. The second kappa shape index (κ2) is 3.63. The third-order valence-electron chi connectivity index (χ3n) is 1.77. The first-order valence-corrected chi connectivity index (χ1v) is 5.02. The first-order chi connectivity index (χ1) is 6.68. The first-order valence-electron chi connectivity index (χ1n) is 3.85. The zero-order valence-electron chi connectivity index (χ0n) is 7.00. The maximum atomic E-state index is 5.68. The predicted molar refractivity (Wildman–Crippen MR) is 59.1 cm³/mol. The lowest BCUT2D eigenvalue weighted by Gasteiger charge is -1.97. The van der Waals surface area contributed by atoms with Crippen LogP contribution in [0.4, 0.5) is 5.69 Å². The number of halogens is 2. The highest BCUT2D eigenvalue weighted by Crippen LogP contribution is 2.32. The van der Waals surface area contributed by atoms with E-state index in [0.29, 0.717) is 11.4 Å². The zero-order valence-corrected chi connectivity index (χ0v) is 9.34. The Kier molecular flexibility index (Phi) is 2.48. The molecule has 3 nitrogen and oxygen atoms in total. The maximum absolute atomic E-state index is 5.68. The Morgan fingerprint density at radius 1 is 1.43 bits per heavy atom. The molecule has 5 heteroatoms. The third kappa shape index (κ3) is 1.63. The number of nitrogen functional groups attached to an aromatic ring is 1. The zero-order chi connectivity index (χ0) is 10.1. The van der Waals surface area contributed by atoms with Gasteiger partial charge in [-0.15, -0.1) is 0 Å². The number of hydrogen-bond acceptors (Lipinski definition) is 3. The van der Waals surface area contributed by atoms with E-state index in [0.717, 1.165) is 10.0 Å². The summed E-state index contributed by atoms with van der Waals surface area (Å²) in [7, 11) is 0. The van der Waals surface area contributed by atoms with Gasteiger partial charge in [-0.25, -0.2) is 0 Å². The largest absolute Gasteiger partial charge is 0.393 e. The van der Waals surface area contributed by atoms with Crippen molar-refractivity contribution in [2.45, 2.75) is 0 Å². The van der Waals surface area contributed by atoms with Gasteiger partial charge in [0.2, 0.25) is 0 Å². The summed E-state index contributed by atoms with van der Waals surface area (Å²) in [4.78, 5) is 0. The third-order valence-corrected chi connectivity index (χ3v) is 2.54. The Hall–Kier alpha value is -1.00. The molecule has 0 amide bonds. The summed E-state index contributed by atoms with van der Waals surface area (Å²) in [6, 6.07) is 7.55. The van der Waals surface area contributed by atoms with Crippen LogP contribution in [-0.4, -0.2) is 5.16 Å². The van der Waals surface area contributed by atoms with Crippen molar-refractivity contribution in [3.8, 4) is 11.3 Å². The fraction of sp³-hybridized carbons (Fsp3) is 0. The lowest BCUT2D eigenvalue weighted by molar-refractivity contribution is 0.433. The normalized spacial score (nSPS) is 10.4. The number of rotatable bonds is 1. The highest BCUT2D eigenvalue weighted by molar-refractivity contribution is 9.10. The number of nitrogens with two attached hydrogens (primary N) is 1. The van der Waals surface area contributed by atoms with Crippen molar-refractivity contribution in [1.82, 2.24) is 5.16 Å². The average Bonchev–Trinajstić information content (AvgIpc) is 2.48. The molecule has 0 aliphatic rings. The minimum absolute atomic E-state index is 0.194. The standard InChI is InChI=1S/C9H6BrClN2O/c10-6-3-1-2-5(4-6)8-7(12)9(11)13-14-8/h1-4H,12H2. The molecule has 0 aliphatic heterocycles. The van der Waals surface area contributed by atoms with E-state index in [-0.39, 0.29) is 5.15 Å². The lowest BCUT2D eigenvalue weighted by atomic mass is 10.1. The van der Waals surface area contributed by atoms with E-state index in [2.05, 4.69) is 21.1 Å². The number of anilines is 1. The highest BCUT2D eigenvalue weighted by Gasteiger charge is 2.12. The number of aromatic nitrogens is 1. The van der Waals surface area contributed by atoms with Gasteiger partial charge in [0, 0.05) is 10.0 Å². The molecule has 0 atom stereocenters. The van der Waals surface area contributed by atoms with Crippen molar-refractivity contribution in [2.75, 3.05) is 5.73 Å².